The van der Waals surface area contributed by atoms with Crippen molar-refractivity contribution in [2.75, 3.05) is 19.7 Å². The zero-order chi connectivity index (χ0) is 20.4. The number of hydrogen-bond donors (Lipinski definition) is 2. The van der Waals surface area contributed by atoms with Crippen molar-refractivity contribution in [3.63, 3.8) is 0 Å². The number of benzene rings is 2. The van der Waals surface area contributed by atoms with Gasteiger partial charge < -0.3 is 19.7 Å². The number of aliphatic carboxylic acids is 1. The van der Waals surface area contributed by atoms with Crippen LogP contribution in [0.3, 0.4) is 0 Å². The highest BCUT2D eigenvalue weighted by molar-refractivity contribution is 5.94. The number of H-pyrrole nitrogens is 1. The van der Waals surface area contributed by atoms with Crippen molar-refractivity contribution in [2.45, 2.75) is 18.8 Å². The molecule has 2 aromatic carbocycles. The highest BCUT2D eigenvalue weighted by atomic mass is 19.1. The summed E-state index contributed by atoms with van der Waals surface area (Å²) in [7, 11) is 0. The van der Waals surface area contributed by atoms with E-state index in [1.807, 2.05) is 6.20 Å². The Morgan fingerprint density at radius 2 is 1.97 bits per heavy atom. The quantitative estimate of drug-likeness (QED) is 0.687. The Bertz CT molecular complexity index is 1050. The number of carbonyl (C=O) groups excluding carboxylic acids is 1. The summed E-state index contributed by atoms with van der Waals surface area (Å²) < 4.78 is 18.6. The van der Waals surface area contributed by atoms with E-state index in [-0.39, 0.29) is 11.7 Å². The second-order valence-corrected chi connectivity index (χ2v) is 7.21. The van der Waals surface area contributed by atoms with Crippen LogP contribution >= 0.6 is 0 Å². The van der Waals surface area contributed by atoms with Gasteiger partial charge >= 0.3 is 5.97 Å². The van der Waals surface area contributed by atoms with Gasteiger partial charge in [-0.15, -0.1) is 0 Å². The largest absolute Gasteiger partial charge is 0.482 e. The molecule has 1 aliphatic rings. The summed E-state index contributed by atoms with van der Waals surface area (Å²) in [5.41, 5.74) is 2.43. The Morgan fingerprint density at radius 1 is 1.17 bits per heavy atom. The number of nitrogens with zero attached hydrogens (tertiary/aromatic N) is 1. The molecule has 7 heteroatoms. The van der Waals surface area contributed by atoms with Gasteiger partial charge in [-0.25, -0.2) is 9.18 Å². The van der Waals surface area contributed by atoms with Crippen molar-refractivity contribution in [3.8, 4) is 5.75 Å². The minimum Gasteiger partial charge on any atom is -0.482 e. The molecule has 0 aliphatic carbocycles. The fourth-order valence-corrected chi connectivity index (χ4v) is 3.90. The number of carboxylic acids is 1. The lowest BCUT2D eigenvalue weighted by atomic mass is 9.89. The number of carbonyl (C=O) groups is 2. The van der Waals surface area contributed by atoms with Crippen molar-refractivity contribution >= 4 is 22.8 Å². The van der Waals surface area contributed by atoms with Gasteiger partial charge in [0.2, 0.25) is 0 Å². The van der Waals surface area contributed by atoms with Crippen molar-refractivity contribution in [1.82, 2.24) is 9.88 Å². The third-order valence-electron chi connectivity index (χ3n) is 5.34. The van der Waals surface area contributed by atoms with Gasteiger partial charge in [0.05, 0.1) is 0 Å². The molecule has 1 amide bonds. The van der Waals surface area contributed by atoms with Gasteiger partial charge in [-0.1, -0.05) is 6.07 Å². The molecular weight excluding hydrogens is 375 g/mol. The van der Waals surface area contributed by atoms with Crippen molar-refractivity contribution in [2.24, 2.45) is 0 Å². The molecule has 29 heavy (non-hydrogen) atoms. The minimum atomic E-state index is -1.07. The van der Waals surface area contributed by atoms with Crippen LogP contribution in [0.5, 0.6) is 5.75 Å². The SMILES string of the molecule is O=C(O)COc1cccc(C(=O)N2CCC(c3c[nH]c4cc(F)ccc34)CC2)c1. The molecule has 2 heterocycles. The maximum atomic E-state index is 13.4. The number of piperidine rings is 1. The van der Waals surface area contributed by atoms with Gasteiger partial charge in [0, 0.05) is 35.8 Å². The summed E-state index contributed by atoms with van der Waals surface area (Å²) in [4.78, 5) is 28.4. The fourth-order valence-electron chi connectivity index (χ4n) is 3.90. The van der Waals surface area contributed by atoms with Crippen LogP contribution in [0.1, 0.15) is 34.7 Å². The lowest BCUT2D eigenvalue weighted by Crippen LogP contribution is -2.37. The zero-order valence-corrected chi connectivity index (χ0v) is 15.7. The Balaban J connectivity index is 1.42. The lowest BCUT2D eigenvalue weighted by Gasteiger charge is -2.32. The topological polar surface area (TPSA) is 82.6 Å². The number of fused-ring (bicyclic) bond motifs is 1. The van der Waals surface area contributed by atoms with E-state index >= 15 is 0 Å². The predicted octanol–water partition coefficient (Wildman–Crippen LogP) is 3.79. The summed E-state index contributed by atoms with van der Waals surface area (Å²) in [6, 6.07) is 11.4. The minimum absolute atomic E-state index is 0.0924. The second-order valence-electron chi connectivity index (χ2n) is 7.21. The van der Waals surface area contributed by atoms with Crippen LogP contribution in [-0.4, -0.2) is 46.6 Å². The normalized spacial score (nSPS) is 14.9. The number of nitrogens with one attached hydrogen (secondary N) is 1. The number of likely N-dealkylation sites (tertiary alicyclic amines) is 1. The van der Waals surface area contributed by atoms with E-state index in [1.54, 1.807) is 35.2 Å². The lowest BCUT2D eigenvalue weighted by molar-refractivity contribution is -0.139. The number of aromatic amines is 1. The molecule has 1 fully saturated rings. The molecule has 1 saturated heterocycles. The van der Waals surface area contributed by atoms with E-state index in [9.17, 15) is 14.0 Å². The first-order valence-corrected chi connectivity index (χ1v) is 9.52. The molecule has 0 radical (unpaired) electrons. The van der Waals surface area contributed by atoms with E-state index in [1.165, 1.54) is 12.1 Å². The molecule has 0 unspecified atom stereocenters. The summed E-state index contributed by atoms with van der Waals surface area (Å²) in [5.74, 6) is -0.752. The predicted molar refractivity (Wildman–Crippen MR) is 106 cm³/mol. The van der Waals surface area contributed by atoms with Crippen LogP contribution < -0.4 is 4.74 Å². The number of amides is 1. The van der Waals surface area contributed by atoms with E-state index < -0.39 is 12.6 Å². The van der Waals surface area contributed by atoms with E-state index in [4.69, 9.17) is 9.84 Å². The Morgan fingerprint density at radius 3 is 2.72 bits per heavy atom. The van der Waals surface area contributed by atoms with Crippen LogP contribution in [0.25, 0.3) is 10.9 Å². The first kappa shape index (κ1) is 19.0. The van der Waals surface area contributed by atoms with Gasteiger partial charge in [-0.05, 0) is 60.7 Å². The summed E-state index contributed by atoms with van der Waals surface area (Å²) in [6.07, 6.45) is 3.59. The molecule has 0 spiro atoms. The highest BCUT2D eigenvalue weighted by Gasteiger charge is 2.26. The van der Waals surface area contributed by atoms with Gasteiger partial charge in [0.15, 0.2) is 6.61 Å². The molecule has 1 aliphatic heterocycles. The molecular formula is C22H21FN2O4. The van der Waals surface area contributed by atoms with E-state index in [0.717, 1.165) is 29.3 Å². The molecule has 0 saturated carbocycles. The highest BCUT2D eigenvalue weighted by Crippen LogP contribution is 2.33. The zero-order valence-electron chi connectivity index (χ0n) is 15.7. The van der Waals surface area contributed by atoms with Gasteiger partial charge in [-0.2, -0.15) is 0 Å². The van der Waals surface area contributed by atoms with E-state index in [2.05, 4.69) is 4.98 Å². The average molecular weight is 396 g/mol. The molecule has 3 aromatic rings. The smallest absolute Gasteiger partial charge is 0.341 e. The molecule has 1 aromatic heterocycles. The van der Waals surface area contributed by atoms with Crippen LogP contribution in [-0.2, 0) is 4.79 Å². The summed E-state index contributed by atoms with van der Waals surface area (Å²) in [6.45, 7) is 0.798. The maximum Gasteiger partial charge on any atom is 0.341 e. The first-order chi connectivity index (χ1) is 14.0. The summed E-state index contributed by atoms with van der Waals surface area (Å²) in [5, 5.41) is 9.75. The van der Waals surface area contributed by atoms with Crippen molar-refractivity contribution in [3.05, 3.63) is 65.6 Å². The molecule has 6 nitrogen and oxygen atoms in total. The second kappa shape index (κ2) is 7.95. The molecule has 0 atom stereocenters. The molecule has 4 rings (SSSR count). The van der Waals surface area contributed by atoms with Crippen LogP contribution in [0, 0.1) is 5.82 Å². The van der Waals surface area contributed by atoms with Crippen molar-refractivity contribution in [1.29, 1.82) is 0 Å². The Labute approximate surface area is 166 Å². The fraction of sp³-hybridized carbons (Fsp3) is 0.273. The maximum absolute atomic E-state index is 13.4. The Hall–Kier alpha value is -3.35. The standard InChI is InChI=1S/C22H21FN2O4/c23-16-4-5-18-19(12-24-20(18)11-16)14-6-8-25(9-7-14)22(28)15-2-1-3-17(10-15)29-13-21(26)27/h1-5,10-12,14,24H,6-9,13H2,(H,26,27). The Kier molecular flexibility index (Phi) is 5.20. The third kappa shape index (κ3) is 4.08. The molecule has 150 valence electrons. The number of carboxylic acid groups (broad SMARTS) is 1. The van der Waals surface area contributed by atoms with Crippen LogP contribution in [0.15, 0.2) is 48.7 Å². The number of halogens is 1. The molecule has 2 N–H and O–H groups in total. The van der Waals surface area contributed by atoms with Gasteiger partial charge in [0.25, 0.3) is 5.91 Å². The number of rotatable bonds is 5. The average Bonchev–Trinajstić information content (AvgIpc) is 3.15. The number of ether oxygens (including phenoxy) is 1. The van der Waals surface area contributed by atoms with Gasteiger partial charge in [-0.3, -0.25) is 4.79 Å². The van der Waals surface area contributed by atoms with Crippen LogP contribution in [0.2, 0.25) is 0 Å². The van der Waals surface area contributed by atoms with Crippen LogP contribution in [0.4, 0.5) is 4.39 Å². The van der Waals surface area contributed by atoms with Gasteiger partial charge in [0.1, 0.15) is 11.6 Å². The third-order valence-corrected chi connectivity index (χ3v) is 5.34. The van der Waals surface area contributed by atoms with Crippen molar-refractivity contribution < 1.29 is 23.8 Å². The van der Waals surface area contributed by atoms with E-state index in [0.29, 0.717) is 30.3 Å². The number of aromatic nitrogens is 1. The number of hydrogen-bond acceptors (Lipinski definition) is 3. The summed E-state index contributed by atoms with van der Waals surface area (Å²) >= 11 is 0. The molecule has 0 bridgehead atoms. The monoisotopic (exact) mass is 396 g/mol. The first-order valence-electron chi connectivity index (χ1n) is 9.52.